The number of halogens is 1. The Hall–Kier alpha value is -1.16. The van der Waals surface area contributed by atoms with Crippen LogP contribution < -0.4 is 5.32 Å². The van der Waals surface area contributed by atoms with Gasteiger partial charge in [0.05, 0.1) is 0 Å². The Labute approximate surface area is 120 Å². The number of nitrogens with one attached hydrogen (secondary N) is 1. The molecule has 1 N–H and O–H groups in total. The molecule has 2 heterocycles. The first kappa shape index (κ1) is 13.8. The molecule has 1 aromatic heterocycles. The Balaban J connectivity index is 1.73. The van der Waals surface area contributed by atoms with Gasteiger partial charge in [-0.1, -0.05) is 12.5 Å². The third kappa shape index (κ3) is 2.80. The lowest BCUT2D eigenvalue weighted by Gasteiger charge is -2.49. The molecule has 0 spiro atoms. The third-order valence-corrected chi connectivity index (χ3v) is 4.86. The Bertz CT molecular complexity index is 449. The van der Waals surface area contributed by atoms with Crippen LogP contribution in [0.3, 0.4) is 0 Å². The Morgan fingerprint density at radius 2 is 1.95 bits per heavy atom. The van der Waals surface area contributed by atoms with E-state index in [1.54, 1.807) is 6.07 Å². The van der Waals surface area contributed by atoms with Crippen molar-refractivity contribution in [2.24, 2.45) is 11.8 Å². The number of likely N-dealkylation sites (tertiary alicyclic amines) is 1. The van der Waals surface area contributed by atoms with Crippen LogP contribution in [0.15, 0.2) is 18.2 Å². The predicted molar refractivity (Wildman–Crippen MR) is 79.1 cm³/mol. The molecule has 1 saturated heterocycles. The first-order valence-corrected chi connectivity index (χ1v) is 7.76. The van der Waals surface area contributed by atoms with Crippen LogP contribution in [0.2, 0.25) is 0 Å². The van der Waals surface area contributed by atoms with E-state index < -0.39 is 5.95 Å². The van der Waals surface area contributed by atoms with Crippen LogP contribution >= 0.6 is 0 Å². The molecule has 3 nitrogen and oxygen atoms in total. The summed E-state index contributed by atoms with van der Waals surface area (Å²) in [5, 5.41) is 3.51. The van der Waals surface area contributed by atoms with Crippen molar-refractivity contribution in [3.63, 3.8) is 0 Å². The molecule has 1 aliphatic heterocycles. The summed E-state index contributed by atoms with van der Waals surface area (Å²) < 4.78 is 13.2. The summed E-state index contributed by atoms with van der Waals surface area (Å²) in [7, 11) is 0. The van der Waals surface area contributed by atoms with Gasteiger partial charge in [0.25, 0.3) is 0 Å². The van der Waals surface area contributed by atoms with Crippen LogP contribution in [-0.4, -0.2) is 35.1 Å². The minimum Gasteiger partial charge on any atom is -0.367 e. The molecule has 0 radical (unpaired) electrons. The molecule has 2 aliphatic rings. The van der Waals surface area contributed by atoms with Crippen molar-refractivity contribution in [3.8, 4) is 0 Å². The quantitative estimate of drug-likeness (QED) is 0.860. The largest absolute Gasteiger partial charge is 0.367 e. The van der Waals surface area contributed by atoms with E-state index in [-0.39, 0.29) is 0 Å². The summed E-state index contributed by atoms with van der Waals surface area (Å²) in [5.74, 6) is 1.61. The Morgan fingerprint density at radius 3 is 2.55 bits per heavy atom. The van der Waals surface area contributed by atoms with E-state index in [0.717, 1.165) is 13.1 Å². The molecule has 3 rings (SSSR count). The van der Waals surface area contributed by atoms with E-state index in [2.05, 4.69) is 29.0 Å². The molecule has 2 bridgehead atoms. The molecule has 4 heteroatoms. The van der Waals surface area contributed by atoms with Gasteiger partial charge < -0.3 is 10.2 Å². The summed E-state index contributed by atoms with van der Waals surface area (Å²) in [6, 6.07) is 6.06. The molecule has 20 heavy (non-hydrogen) atoms. The number of piperidine rings is 1. The van der Waals surface area contributed by atoms with Crippen LogP contribution in [0.25, 0.3) is 0 Å². The first-order valence-electron chi connectivity index (χ1n) is 7.76. The normalized spacial score (nSPS) is 30.5. The van der Waals surface area contributed by atoms with Gasteiger partial charge in [0.15, 0.2) is 0 Å². The maximum Gasteiger partial charge on any atom is 0.214 e. The molecule has 1 aliphatic carbocycles. The molecule has 0 aromatic carbocycles. The zero-order chi connectivity index (χ0) is 14.1. The number of hydrogen-bond donors (Lipinski definition) is 1. The van der Waals surface area contributed by atoms with Crippen molar-refractivity contribution in [2.75, 3.05) is 18.4 Å². The van der Waals surface area contributed by atoms with E-state index in [0.29, 0.717) is 29.7 Å². The van der Waals surface area contributed by atoms with Crippen LogP contribution in [0.4, 0.5) is 10.2 Å². The van der Waals surface area contributed by atoms with Gasteiger partial charge in [0, 0.05) is 25.2 Å². The van der Waals surface area contributed by atoms with Crippen LogP contribution in [0, 0.1) is 17.8 Å². The van der Waals surface area contributed by atoms with Crippen molar-refractivity contribution in [1.82, 2.24) is 9.88 Å². The van der Waals surface area contributed by atoms with Crippen LogP contribution in [0.1, 0.15) is 33.1 Å². The third-order valence-electron chi connectivity index (χ3n) is 4.86. The maximum absolute atomic E-state index is 13.2. The summed E-state index contributed by atoms with van der Waals surface area (Å²) in [6.07, 6.45) is 3.87. The molecular weight excluding hydrogens is 253 g/mol. The summed E-state index contributed by atoms with van der Waals surface area (Å²) in [6.45, 7) is 6.86. The van der Waals surface area contributed by atoms with E-state index in [1.807, 2.05) is 6.07 Å². The summed E-state index contributed by atoms with van der Waals surface area (Å²) in [5.41, 5.74) is 0. The minimum absolute atomic E-state index is 0.403. The fraction of sp³-hybridized carbons (Fsp3) is 0.688. The van der Waals surface area contributed by atoms with Gasteiger partial charge in [-0.15, -0.1) is 0 Å². The Kier molecular flexibility index (Phi) is 3.92. The maximum atomic E-state index is 13.2. The highest BCUT2D eigenvalue weighted by molar-refractivity contribution is 5.36. The summed E-state index contributed by atoms with van der Waals surface area (Å²) >= 11 is 0. The fourth-order valence-corrected chi connectivity index (χ4v) is 3.79. The highest BCUT2D eigenvalue weighted by Gasteiger charge is 2.40. The fourth-order valence-electron chi connectivity index (χ4n) is 3.79. The number of rotatable bonds is 3. The SMILES string of the molecule is CC(C)N1CC2CCCC(C1)C2Nc1cccc(F)n1. The number of aromatic nitrogens is 1. The monoisotopic (exact) mass is 277 g/mol. The zero-order valence-electron chi connectivity index (χ0n) is 12.3. The molecular formula is C16H24FN3. The molecule has 1 aromatic rings. The average molecular weight is 277 g/mol. The highest BCUT2D eigenvalue weighted by Crippen LogP contribution is 2.37. The zero-order valence-corrected chi connectivity index (χ0v) is 12.3. The van der Waals surface area contributed by atoms with E-state index in [9.17, 15) is 4.39 Å². The van der Waals surface area contributed by atoms with Crippen LogP contribution in [0.5, 0.6) is 0 Å². The predicted octanol–water partition coefficient (Wildman–Crippen LogP) is 3.14. The van der Waals surface area contributed by atoms with Gasteiger partial charge >= 0.3 is 0 Å². The van der Waals surface area contributed by atoms with Gasteiger partial charge in [-0.3, -0.25) is 0 Å². The molecule has 110 valence electrons. The van der Waals surface area contributed by atoms with Crippen molar-refractivity contribution in [2.45, 2.75) is 45.2 Å². The second kappa shape index (κ2) is 5.68. The Morgan fingerprint density at radius 1 is 1.25 bits per heavy atom. The topological polar surface area (TPSA) is 28.2 Å². The second-order valence-electron chi connectivity index (χ2n) is 6.51. The smallest absolute Gasteiger partial charge is 0.214 e. The first-order chi connectivity index (χ1) is 9.63. The van der Waals surface area contributed by atoms with Crippen molar-refractivity contribution in [1.29, 1.82) is 0 Å². The molecule has 1 saturated carbocycles. The molecule has 2 fully saturated rings. The standard InChI is InChI=1S/C16H24FN3/c1-11(2)20-9-12-5-3-6-13(10-20)16(12)19-15-8-4-7-14(17)18-15/h4,7-8,11-13,16H,3,5-6,9-10H2,1-2H3,(H,18,19). The number of nitrogens with zero attached hydrogens (tertiary/aromatic N) is 2. The van der Waals surface area contributed by atoms with Crippen molar-refractivity contribution in [3.05, 3.63) is 24.1 Å². The number of anilines is 1. The minimum atomic E-state index is -0.403. The van der Waals surface area contributed by atoms with Crippen molar-refractivity contribution < 1.29 is 4.39 Å². The van der Waals surface area contributed by atoms with Gasteiger partial charge in [0.2, 0.25) is 5.95 Å². The van der Waals surface area contributed by atoms with Gasteiger partial charge in [-0.05, 0) is 50.7 Å². The van der Waals surface area contributed by atoms with E-state index >= 15 is 0 Å². The number of fused-ring (bicyclic) bond motifs is 2. The second-order valence-corrected chi connectivity index (χ2v) is 6.51. The van der Waals surface area contributed by atoms with Gasteiger partial charge in [-0.25, -0.2) is 4.98 Å². The lowest BCUT2D eigenvalue weighted by Crippen LogP contribution is -2.56. The summed E-state index contributed by atoms with van der Waals surface area (Å²) in [4.78, 5) is 6.55. The molecule has 2 unspecified atom stereocenters. The van der Waals surface area contributed by atoms with Gasteiger partial charge in [-0.2, -0.15) is 4.39 Å². The van der Waals surface area contributed by atoms with E-state index in [1.165, 1.54) is 25.3 Å². The van der Waals surface area contributed by atoms with E-state index in [4.69, 9.17) is 0 Å². The molecule has 2 atom stereocenters. The highest BCUT2D eigenvalue weighted by atomic mass is 19.1. The van der Waals surface area contributed by atoms with Crippen molar-refractivity contribution >= 4 is 5.82 Å². The van der Waals surface area contributed by atoms with Crippen LogP contribution in [-0.2, 0) is 0 Å². The van der Waals surface area contributed by atoms with Gasteiger partial charge in [0.1, 0.15) is 5.82 Å². The lowest BCUT2D eigenvalue weighted by molar-refractivity contribution is 0.0516. The number of pyridine rings is 1. The molecule has 0 amide bonds. The number of hydrogen-bond acceptors (Lipinski definition) is 3. The average Bonchev–Trinajstić information content (AvgIpc) is 2.38. The lowest BCUT2D eigenvalue weighted by atomic mass is 9.73.